The van der Waals surface area contributed by atoms with Crippen LogP contribution in [-0.2, 0) is 12.8 Å². The molecule has 4 rings (SSSR count). The number of carbonyl (C=O) groups is 1. The first-order valence-corrected chi connectivity index (χ1v) is 10.0. The Morgan fingerprint density at radius 2 is 1.74 bits per heavy atom. The van der Waals surface area contributed by atoms with Crippen LogP contribution in [0, 0.1) is 6.92 Å². The molecule has 0 radical (unpaired) electrons. The van der Waals surface area contributed by atoms with Crippen LogP contribution in [0.5, 0.6) is 0 Å². The lowest BCUT2D eigenvalue weighted by Gasteiger charge is -2.35. The number of anilines is 1. The van der Waals surface area contributed by atoms with Gasteiger partial charge in [0.05, 0.1) is 0 Å². The number of aromatic nitrogens is 2. The summed E-state index contributed by atoms with van der Waals surface area (Å²) in [5.41, 5.74) is 4.61. The maximum atomic E-state index is 12.9. The van der Waals surface area contributed by atoms with E-state index in [1.807, 2.05) is 24.0 Å². The number of aryl methyl sites for hydroxylation is 3. The van der Waals surface area contributed by atoms with Gasteiger partial charge in [0.2, 0.25) is 0 Å². The van der Waals surface area contributed by atoms with Crippen molar-refractivity contribution in [2.45, 2.75) is 46.0 Å². The number of amides is 1. The van der Waals surface area contributed by atoms with Gasteiger partial charge in [-0.15, -0.1) is 0 Å². The Hall–Kier alpha value is -2.43. The second-order valence-corrected chi connectivity index (χ2v) is 8.00. The van der Waals surface area contributed by atoms with E-state index in [2.05, 4.69) is 35.9 Å². The van der Waals surface area contributed by atoms with Gasteiger partial charge in [-0.1, -0.05) is 19.9 Å². The monoisotopic (exact) mass is 364 g/mol. The van der Waals surface area contributed by atoms with Gasteiger partial charge in [0.15, 0.2) is 0 Å². The predicted molar refractivity (Wildman–Crippen MR) is 107 cm³/mol. The molecule has 2 heterocycles. The molecule has 0 N–H and O–H groups in total. The zero-order valence-electron chi connectivity index (χ0n) is 16.5. The topological polar surface area (TPSA) is 49.3 Å². The van der Waals surface area contributed by atoms with Gasteiger partial charge in [0.1, 0.15) is 11.6 Å². The molecule has 5 heteroatoms. The fourth-order valence-electron chi connectivity index (χ4n) is 4.02. The van der Waals surface area contributed by atoms with Crippen LogP contribution < -0.4 is 4.90 Å². The van der Waals surface area contributed by atoms with E-state index in [0.29, 0.717) is 5.92 Å². The third-order valence-electron chi connectivity index (χ3n) is 5.61. The van der Waals surface area contributed by atoms with Crippen LogP contribution in [0.2, 0.25) is 0 Å². The number of fused-ring (bicyclic) bond motifs is 1. The van der Waals surface area contributed by atoms with Gasteiger partial charge in [-0.2, -0.15) is 0 Å². The smallest absolute Gasteiger partial charge is 0.253 e. The summed E-state index contributed by atoms with van der Waals surface area (Å²) in [7, 11) is 0. The molecule has 1 saturated heterocycles. The second kappa shape index (κ2) is 7.29. The van der Waals surface area contributed by atoms with E-state index in [1.54, 1.807) is 0 Å². The first-order chi connectivity index (χ1) is 13.0. The average molecular weight is 364 g/mol. The Bertz CT molecular complexity index is 853. The van der Waals surface area contributed by atoms with Crippen molar-refractivity contribution < 1.29 is 4.79 Å². The summed E-state index contributed by atoms with van der Waals surface area (Å²) >= 11 is 0. The maximum absolute atomic E-state index is 12.9. The van der Waals surface area contributed by atoms with Crippen molar-refractivity contribution in [1.29, 1.82) is 0 Å². The molecule has 142 valence electrons. The number of carbonyl (C=O) groups excluding carboxylic acids is 1. The first kappa shape index (κ1) is 18.0. The number of rotatable bonds is 3. The molecule has 1 aliphatic carbocycles. The zero-order chi connectivity index (χ0) is 19.0. The minimum atomic E-state index is 0.158. The van der Waals surface area contributed by atoms with Crippen molar-refractivity contribution >= 4 is 11.7 Å². The summed E-state index contributed by atoms with van der Waals surface area (Å²) in [5.74, 6) is 2.34. The molecule has 0 atom stereocenters. The Labute approximate surface area is 161 Å². The molecule has 2 aliphatic rings. The third kappa shape index (κ3) is 3.68. The van der Waals surface area contributed by atoms with E-state index in [1.165, 1.54) is 17.5 Å². The lowest BCUT2D eigenvalue weighted by molar-refractivity contribution is 0.0746. The summed E-state index contributed by atoms with van der Waals surface area (Å²) in [6, 6.07) is 8.30. The van der Waals surface area contributed by atoms with E-state index in [-0.39, 0.29) is 5.91 Å². The SMILES string of the molecule is Cc1cc(N2CCN(C(=O)c3ccc4c(c3)CCC4)CC2)nc(C(C)C)n1. The van der Waals surface area contributed by atoms with E-state index >= 15 is 0 Å². The van der Waals surface area contributed by atoms with Crippen molar-refractivity contribution in [2.24, 2.45) is 0 Å². The van der Waals surface area contributed by atoms with Crippen molar-refractivity contribution in [3.8, 4) is 0 Å². The summed E-state index contributed by atoms with van der Waals surface area (Å²) in [5, 5.41) is 0. The largest absolute Gasteiger partial charge is 0.353 e. The Morgan fingerprint density at radius 1 is 1.00 bits per heavy atom. The molecule has 2 aromatic rings. The van der Waals surface area contributed by atoms with Gasteiger partial charge in [0.25, 0.3) is 5.91 Å². The highest BCUT2D eigenvalue weighted by Crippen LogP contribution is 2.24. The van der Waals surface area contributed by atoms with E-state index in [4.69, 9.17) is 4.98 Å². The van der Waals surface area contributed by atoms with E-state index in [9.17, 15) is 4.79 Å². The standard InChI is InChI=1S/C22H28N4O/c1-15(2)21-23-16(3)13-20(24-21)25-9-11-26(12-10-25)22(27)19-8-7-17-5-4-6-18(17)14-19/h7-8,13-15H,4-6,9-12H2,1-3H3. The fraction of sp³-hybridized carbons (Fsp3) is 0.500. The number of hydrogen-bond donors (Lipinski definition) is 0. The summed E-state index contributed by atoms with van der Waals surface area (Å²) < 4.78 is 0. The van der Waals surface area contributed by atoms with Crippen LogP contribution in [0.25, 0.3) is 0 Å². The molecule has 5 nitrogen and oxygen atoms in total. The summed E-state index contributed by atoms with van der Waals surface area (Å²) in [4.78, 5) is 26.4. The molecule has 27 heavy (non-hydrogen) atoms. The summed E-state index contributed by atoms with van der Waals surface area (Å²) in [6.45, 7) is 9.34. The molecule has 1 aromatic carbocycles. The van der Waals surface area contributed by atoms with Crippen LogP contribution >= 0.6 is 0 Å². The fourth-order valence-corrected chi connectivity index (χ4v) is 4.02. The van der Waals surface area contributed by atoms with Crippen LogP contribution in [0.3, 0.4) is 0 Å². The third-order valence-corrected chi connectivity index (χ3v) is 5.61. The number of benzene rings is 1. The zero-order valence-corrected chi connectivity index (χ0v) is 16.5. The van der Waals surface area contributed by atoms with Crippen molar-refractivity contribution in [3.63, 3.8) is 0 Å². The lowest BCUT2D eigenvalue weighted by atomic mass is 10.1. The molecule has 1 fully saturated rings. The molecule has 1 amide bonds. The molecular weight excluding hydrogens is 336 g/mol. The highest BCUT2D eigenvalue weighted by atomic mass is 16.2. The highest BCUT2D eigenvalue weighted by Gasteiger charge is 2.24. The molecule has 1 aromatic heterocycles. The Morgan fingerprint density at radius 3 is 2.48 bits per heavy atom. The van der Waals surface area contributed by atoms with Gasteiger partial charge in [-0.25, -0.2) is 9.97 Å². The Kier molecular flexibility index (Phi) is 4.85. The Balaban J connectivity index is 1.44. The minimum absolute atomic E-state index is 0.158. The van der Waals surface area contributed by atoms with Crippen LogP contribution in [0.15, 0.2) is 24.3 Å². The molecule has 0 unspecified atom stereocenters. The van der Waals surface area contributed by atoms with E-state index in [0.717, 1.165) is 61.9 Å². The van der Waals surface area contributed by atoms with Crippen molar-refractivity contribution in [2.75, 3.05) is 31.1 Å². The number of hydrogen-bond acceptors (Lipinski definition) is 4. The maximum Gasteiger partial charge on any atom is 0.253 e. The predicted octanol–water partition coefficient (Wildman–Crippen LogP) is 3.36. The van der Waals surface area contributed by atoms with Gasteiger partial charge >= 0.3 is 0 Å². The van der Waals surface area contributed by atoms with Crippen LogP contribution in [-0.4, -0.2) is 47.0 Å². The van der Waals surface area contributed by atoms with Gasteiger partial charge < -0.3 is 9.80 Å². The lowest BCUT2D eigenvalue weighted by Crippen LogP contribution is -2.49. The number of nitrogens with zero attached hydrogens (tertiary/aromatic N) is 4. The minimum Gasteiger partial charge on any atom is -0.353 e. The van der Waals surface area contributed by atoms with Gasteiger partial charge in [-0.3, -0.25) is 4.79 Å². The second-order valence-electron chi connectivity index (χ2n) is 8.00. The molecule has 1 aliphatic heterocycles. The number of piperazine rings is 1. The van der Waals surface area contributed by atoms with Crippen molar-refractivity contribution in [3.05, 3.63) is 52.5 Å². The van der Waals surface area contributed by atoms with Crippen molar-refractivity contribution in [1.82, 2.24) is 14.9 Å². The molecular formula is C22H28N4O. The first-order valence-electron chi connectivity index (χ1n) is 10.0. The van der Waals surface area contributed by atoms with Gasteiger partial charge in [-0.05, 0) is 49.4 Å². The molecule has 0 spiro atoms. The summed E-state index contributed by atoms with van der Waals surface area (Å²) in [6.07, 6.45) is 3.47. The average Bonchev–Trinajstić information content (AvgIpc) is 3.15. The highest BCUT2D eigenvalue weighted by molar-refractivity contribution is 5.94. The van der Waals surface area contributed by atoms with Crippen LogP contribution in [0.4, 0.5) is 5.82 Å². The normalized spacial score (nSPS) is 16.7. The van der Waals surface area contributed by atoms with E-state index < -0.39 is 0 Å². The molecule has 0 saturated carbocycles. The molecule has 0 bridgehead atoms. The van der Waals surface area contributed by atoms with Gasteiger partial charge in [0, 0.05) is 49.4 Å². The quantitative estimate of drug-likeness (QED) is 0.838. The van der Waals surface area contributed by atoms with Crippen LogP contribution in [0.1, 0.15) is 59.2 Å².